The summed E-state index contributed by atoms with van der Waals surface area (Å²) in [5.41, 5.74) is 8.26. The fourth-order valence-corrected chi connectivity index (χ4v) is 7.65. The Bertz CT molecular complexity index is 1230. The second kappa shape index (κ2) is 9.69. The van der Waals surface area contributed by atoms with Gasteiger partial charge in [-0.05, 0) is 43.9 Å². The second-order valence-corrected chi connectivity index (χ2v) is 11.4. The summed E-state index contributed by atoms with van der Waals surface area (Å²) >= 11 is 0. The Hall–Kier alpha value is -3.03. The van der Waals surface area contributed by atoms with Crippen LogP contribution in [0.15, 0.2) is 53.5 Å². The van der Waals surface area contributed by atoms with E-state index in [0.29, 0.717) is 29.4 Å². The molecule has 2 bridgehead atoms. The molecule has 2 amide bonds. The molecule has 6 rings (SSSR count). The third-order valence-electron chi connectivity index (χ3n) is 9.40. The average Bonchev–Trinajstić information content (AvgIpc) is 3.46. The Morgan fingerprint density at radius 1 is 0.946 bits per heavy atom. The minimum absolute atomic E-state index is 0.0480. The average molecular weight is 501 g/mol. The number of carbonyl (C=O) groups is 2. The molecule has 3 fully saturated rings. The number of anilines is 1. The molecule has 7 nitrogen and oxygen atoms in total. The first kappa shape index (κ1) is 24.3. The Morgan fingerprint density at radius 2 is 1.65 bits per heavy atom. The fourth-order valence-electron chi connectivity index (χ4n) is 7.65. The molecule has 2 unspecified atom stereocenters. The Kier molecular flexibility index (Phi) is 6.37. The number of likely N-dealkylation sites (N-methyl/N-ethyl adjacent to an activating group) is 1. The molecule has 2 aromatic rings. The molecule has 0 radical (unpaired) electrons. The van der Waals surface area contributed by atoms with Crippen LogP contribution in [0.4, 0.5) is 17.1 Å². The minimum atomic E-state index is -0.535. The highest BCUT2D eigenvalue weighted by molar-refractivity contribution is 6.47. The molecule has 2 aromatic carbocycles. The first-order valence-corrected chi connectivity index (χ1v) is 14.0. The molecule has 0 aromatic heterocycles. The Labute approximate surface area is 219 Å². The number of hydrogen-bond donors (Lipinski definition) is 2. The molecule has 3 N–H and O–H groups in total. The Balaban J connectivity index is 1.35. The standard InChI is InChI=1S/C30H37N5O2/c1-35(27-19-21-17-18-25(27)34(21)20-11-5-3-2-4-6-12-20)26-16-10-9-15-24(26)33-29(30(35)37)32-23-14-8-7-13-22(23)28(31)36/h7-10,13-16,20-21,25,27H,2-6,11-12,17-19H2,1H3,(H2-,31,32,33,36)/p+1/t21-,25?,27+,35?/m0/s1. The van der Waals surface area contributed by atoms with Gasteiger partial charge >= 0.3 is 5.91 Å². The maximum atomic E-state index is 14.4. The molecule has 2 saturated heterocycles. The zero-order valence-electron chi connectivity index (χ0n) is 21.7. The lowest BCUT2D eigenvalue weighted by Gasteiger charge is -2.43. The first-order chi connectivity index (χ1) is 18.0. The second-order valence-electron chi connectivity index (χ2n) is 11.4. The number of nitrogens with one attached hydrogen (secondary N) is 1. The van der Waals surface area contributed by atoms with Gasteiger partial charge in [0.15, 0.2) is 5.69 Å². The van der Waals surface area contributed by atoms with Crippen molar-refractivity contribution in [1.29, 1.82) is 0 Å². The molecule has 7 heteroatoms. The van der Waals surface area contributed by atoms with Gasteiger partial charge in [-0.3, -0.25) is 9.69 Å². The van der Waals surface area contributed by atoms with Gasteiger partial charge in [0.05, 0.1) is 24.3 Å². The zero-order valence-corrected chi connectivity index (χ0v) is 21.7. The fraction of sp³-hybridized carbons (Fsp3) is 0.500. The minimum Gasteiger partial charge on any atom is -0.366 e. The van der Waals surface area contributed by atoms with Crippen LogP contribution < -0.4 is 15.5 Å². The molecule has 4 atom stereocenters. The van der Waals surface area contributed by atoms with Crippen molar-refractivity contribution >= 4 is 34.7 Å². The molecule has 194 valence electrons. The van der Waals surface area contributed by atoms with E-state index in [4.69, 9.17) is 10.7 Å². The van der Waals surface area contributed by atoms with Crippen LogP contribution in [0.3, 0.4) is 0 Å². The monoisotopic (exact) mass is 500 g/mol. The number of para-hydroxylation sites is 3. The highest BCUT2D eigenvalue weighted by Gasteiger charge is 2.60. The van der Waals surface area contributed by atoms with Crippen LogP contribution in [0.2, 0.25) is 0 Å². The number of amidine groups is 1. The van der Waals surface area contributed by atoms with Crippen LogP contribution in [0.1, 0.15) is 74.6 Å². The van der Waals surface area contributed by atoms with Crippen LogP contribution in [0, 0.1) is 0 Å². The smallest absolute Gasteiger partial charge is 0.366 e. The Morgan fingerprint density at radius 3 is 2.43 bits per heavy atom. The number of nitrogens with zero attached hydrogens (tertiary/aromatic N) is 3. The highest BCUT2D eigenvalue weighted by Crippen LogP contribution is 2.49. The summed E-state index contributed by atoms with van der Waals surface area (Å²) in [6.45, 7) is 0. The number of rotatable bonds is 4. The van der Waals surface area contributed by atoms with Gasteiger partial charge < -0.3 is 11.1 Å². The number of fused-ring (bicyclic) bond motifs is 3. The van der Waals surface area contributed by atoms with Crippen molar-refractivity contribution in [3.05, 3.63) is 54.1 Å². The van der Waals surface area contributed by atoms with Crippen molar-refractivity contribution in [1.82, 2.24) is 9.38 Å². The normalized spacial score (nSPS) is 30.4. The van der Waals surface area contributed by atoms with Gasteiger partial charge in [-0.1, -0.05) is 56.4 Å². The van der Waals surface area contributed by atoms with E-state index in [-0.39, 0.29) is 22.3 Å². The van der Waals surface area contributed by atoms with Crippen LogP contribution >= 0.6 is 0 Å². The van der Waals surface area contributed by atoms with Crippen molar-refractivity contribution in [3.63, 3.8) is 0 Å². The predicted octanol–water partition coefficient (Wildman–Crippen LogP) is 5.12. The van der Waals surface area contributed by atoms with Gasteiger partial charge in [0.25, 0.3) is 5.91 Å². The van der Waals surface area contributed by atoms with Gasteiger partial charge in [0.2, 0.25) is 5.84 Å². The number of carbonyl (C=O) groups excluding carboxylic acids is 2. The molecule has 0 spiro atoms. The van der Waals surface area contributed by atoms with Crippen molar-refractivity contribution in [2.45, 2.75) is 88.4 Å². The third kappa shape index (κ3) is 4.09. The predicted molar refractivity (Wildman–Crippen MR) is 148 cm³/mol. The van der Waals surface area contributed by atoms with E-state index in [1.54, 1.807) is 18.2 Å². The largest absolute Gasteiger partial charge is 0.386 e. The summed E-state index contributed by atoms with van der Waals surface area (Å²) in [4.78, 5) is 34.0. The van der Waals surface area contributed by atoms with Crippen molar-refractivity contribution in [2.75, 3.05) is 12.4 Å². The van der Waals surface area contributed by atoms with Gasteiger partial charge in [0, 0.05) is 24.6 Å². The summed E-state index contributed by atoms with van der Waals surface area (Å²) in [7, 11) is 2.08. The summed E-state index contributed by atoms with van der Waals surface area (Å²) < 4.78 is 0.213. The maximum Gasteiger partial charge on any atom is 0.386 e. The highest BCUT2D eigenvalue weighted by atomic mass is 16.2. The van der Waals surface area contributed by atoms with E-state index >= 15 is 0 Å². The van der Waals surface area contributed by atoms with Crippen LogP contribution in [-0.2, 0) is 4.79 Å². The van der Waals surface area contributed by atoms with Crippen LogP contribution in [-0.4, -0.2) is 53.8 Å². The van der Waals surface area contributed by atoms with Crippen molar-refractivity contribution < 1.29 is 9.59 Å². The van der Waals surface area contributed by atoms with Crippen molar-refractivity contribution in [2.24, 2.45) is 10.7 Å². The number of quaternary nitrogens is 1. The van der Waals surface area contributed by atoms with E-state index in [1.165, 1.54) is 51.4 Å². The molecule has 3 aliphatic heterocycles. The lowest BCUT2D eigenvalue weighted by atomic mass is 9.90. The molecule has 3 heterocycles. The lowest BCUT2D eigenvalue weighted by molar-refractivity contribution is -0.124. The van der Waals surface area contributed by atoms with E-state index in [0.717, 1.165) is 24.2 Å². The number of benzene rings is 2. The van der Waals surface area contributed by atoms with Crippen LogP contribution in [0.25, 0.3) is 0 Å². The molecule has 1 saturated carbocycles. The number of amides is 2. The number of primary amides is 1. The van der Waals surface area contributed by atoms with Gasteiger partial charge in [-0.15, -0.1) is 0 Å². The molecular weight excluding hydrogens is 462 g/mol. The summed E-state index contributed by atoms with van der Waals surface area (Å²) in [5, 5.41) is 3.20. The third-order valence-corrected chi connectivity index (χ3v) is 9.40. The van der Waals surface area contributed by atoms with Gasteiger partial charge in [-0.25, -0.2) is 14.3 Å². The molecule has 4 aliphatic rings. The summed E-state index contributed by atoms with van der Waals surface area (Å²) in [5.74, 6) is -0.309. The van der Waals surface area contributed by atoms with Crippen LogP contribution in [0.5, 0.6) is 0 Å². The summed E-state index contributed by atoms with van der Waals surface area (Å²) in [6.07, 6.45) is 12.7. The number of aliphatic imine (C=N–C) groups is 1. The quantitative estimate of drug-likeness (QED) is 0.570. The molecular formula is C30H38N5O2+. The van der Waals surface area contributed by atoms with E-state index in [1.807, 2.05) is 24.3 Å². The van der Waals surface area contributed by atoms with Gasteiger partial charge in [0.1, 0.15) is 11.7 Å². The first-order valence-electron chi connectivity index (χ1n) is 14.0. The van der Waals surface area contributed by atoms with E-state index < -0.39 is 5.91 Å². The van der Waals surface area contributed by atoms with Crippen molar-refractivity contribution in [3.8, 4) is 0 Å². The SMILES string of the molecule is C[N+]1([C@@H]2C[C@@H]3CCC2N3C2CCCCCCC2)C(=O)C(Nc2ccccc2C(N)=O)=Nc2ccccc21. The maximum absolute atomic E-state index is 14.4. The molecule has 37 heavy (non-hydrogen) atoms. The summed E-state index contributed by atoms with van der Waals surface area (Å²) in [6, 6.07) is 16.8. The van der Waals surface area contributed by atoms with Gasteiger partial charge in [-0.2, -0.15) is 0 Å². The lowest BCUT2D eigenvalue weighted by Crippen LogP contribution is -2.66. The topological polar surface area (TPSA) is 87.8 Å². The molecule has 1 aliphatic carbocycles. The van der Waals surface area contributed by atoms with E-state index in [2.05, 4.69) is 23.3 Å². The number of nitrogens with two attached hydrogens (primary N) is 1. The zero-order chi connectivity index (χ0) is 25.6. The van der Waals surface area contributed by atoms with E-state index in [9.17, 15) is 9.59 Å². The number of hydrogen-bond acceptors (Lipinski definition) is 5.